The molecule has 98 valence electrons. The maximum absolute atomic E-state index is 11.7. The van der Waals surface area contributed by atoms with Crippen molar-refractivity contribution in [2.45, 2.75) is 13.0 Å². The van der Waals surface area contributed by atoms with Crippen LogP contribution in [0.15, 0.2) is 36.8 Å². The molecule has 1 aromatic carbocycles. The molecule has 0 radical (unpaired) electrons. The van der Waals surface area contributed by atoms with E-state index >= 15 is 0 Å². The van der Waals surface area contributed by atoms with E-state index in [1.807, 2.05) is 6.07 Å². The van der Waals surface area contributed by atoms with E-state index in [-0.39, 0.29) is 18.9 Å². The van der Waals surface area contributed by atoms with Gasteiger partial charge < -0.3 is 15.4 Å². The van der Waals surface area contributed by atoms with Gasteiger partial charge in [-0.2, -0.15) is 0 Å². The molecular weight excluding hydrogens is 246 g/mol. The lowest BCUT2D eigenvalue weighted by molar-refractivity contribution is -0.136. The molecule has 1 heterocycles. The molecule has 0 bridgehead atoms. The van der Waals surface area contributed by atoms with Crippen molar-refractivity contribution in [3.05, 3.63) is 53.6 Å². The number of aromatic nitrogens is 2. The summed E-state index contributed by atoms with van der Waals surface area (Å²) < 4.78 is 0. The zero-order valence-corrected chi connectivity index (χ0v) is 10.1. The Labute approximate surface area is 109 Å². The highest BCUT2D eigenvalue weighted by molar-refractivity contribution is 5.91. The third-order valence-electron chi connectivity index (χ3n) is 2.64. The third-order valence-corrected chi connectivity index (χ3v) is 2.64. The van der Waals surface area contributed by atoms with Crippen LogP contribution in [-0.2, 0) is 17.8 Å². The zero-order chi connectivity index (χ0) is 13.7. The average Bonchev–Trinajstić information content (AvgIpc) is 2.90. The Morgan fingerprint density at radius 1 is 1.26 bits per heavy atom. The molecule has 0 unspecified atom stereocenters. The molecule has 0 atom stereocenters. The Morgan fingerprint density at radius 2 is 2.00 bits per heavy atom. The molecule has 0 spiro atoms. The first-order valence-electron chi connectivity index (χ1n) is 5.72. The summed E-state index contributed by atoms with van der Waals surface area (Å²) in [6.07, 6.45) is 2.79. The molecule has 0 aliphatic carbocycles. The molecule has 19 heavy (non-hydrogen) atoms. The molecular formula is C13H13N3O3. The van der Waals surface area contributed by atoms with Crippen LogP contribution in [0.5, 0.6) is 0 Å². The molecule has 2 aromatic rings. The maximum Gasteiger partial charge on any atom is 0.307 e. The SMILES string of the molecule is O=C(O)Cc1ccccc1CNC(=O)c1cnc[nH]1. The summed E-state index contributed by atoms with van der Waals surface area (Å²) in [6, 6.07) is 7.12. The molecule has 0 fully saturated rings. The van der Waals surface area contributed by atoms with Crippen LogP contribution in [0.3, 0.4) is 0 Å². The Hall–Kier alpha value is -2.63. The number of amides is 1. The molecule has 6 heteroatoms. The molecule has 0 aliphatic rings. The van der Waals surface area contributed by atoms with Crippen LogP contribution in [0.1, 0.15) is 21.6 Å². The Bertz CT molecular complexity index is 579. The van der Waals surface area contributed by atoms with Gasteiger partial charge in [-0.25, -0.2) is 4.98 Å². The van der Waals surface area contributed by atoms with Gasteiger partial charge in [-0.3, -0.25) is 9.59 Å². The van der Waals surface area contributed by atoms with E-state index in [0.717, 1.165) is 5.56 Å². The summed E-state index contributed by atoms with van der Waals surface area (Å²) in [4.78, 5) is 28.9. The number of nitrogens with one attached hydrogen (secondary N) is 2. The van der Waals surface area contributed by atoms with E-state index in [0.29, 0.717) is 11.3 Å². The number of carbonyl (C=O) groups is 2. The fourth-order valence-electron chi connectivity index (χ4n) is 1.72. The molecule has 3 N–H and O–H groups in total. The van der Waals surface area contributed by atoms with Gasteiger partial charge in [0.25, 0.3) is 5.91 Å². The van der Waals surface area contributed by atoms with Gasteiger partial charge >= 0.3 is 5.97 Å². The molecule has 6 nitrogen and oxygen atoms in total. The van der Waals surface area contributed by atoms with Crippen molar-refractivity contribution in [3.8, 4) is 0 Å². The summed E-state index contributed by atoms with van der Waals surface area (Å²) in [5.74, 6) is -1.17. The molecule has 0 aliphatic heterocycles. The number of benzene rings is 1. The van der Waals surface area contributed by atoms with E-state index in [2.05, 4.69) is 15.3 Å². The van der Waals surface area contributed by atoms with Crippen molar-refractivity contribution < 1.29 is 14.7 Å². The number of carboxylic acids is 1. The topological polar surface area (TPSA) is 95.1 Å². The minimum Gasteiger partial charge on any atom is -0.481 e. The normalized spacial score (nSPS) is 10.1. The van der Waals surface area contributed by atoms with Crippen LogP contribution in [-0.4, -0.2) is 27.0 Å². The van der Waals surface area contributed by atoms with Crippen molar-refractivity contribution >= 4 is 11.9 Å². The summed E-state index contributed by atoms with van der Waals surface area (Å²) in [5, 5.41) is 11.5. The first kappa shape index (κ1) is 12.8. The van der Waals surface area contributed by atoms with Gasteiger partial charge in [0.1, 0.15) is 5.69 Å². The average molecular weight is 259 g/mol. The van der Waals surface area contributed by atoms with Crippen LogP contribution >= 0.6 is 0 Å². The van der Waals surface area contributed by atoms with E-state index in [4.69, 9.17) is 5.11 Å². The van der Waals surface area contributed by atoms with Gasteiger partial charge in [-0.1, -0.05) is 24.3 Å². The van der Waals surface area contributed by atoms with Crippen LogP contribution in [0.4, 0.5) is 0 Å². The minimum absolute atomic E-state index is 0.0594. The first-order valence-corrected chi connectivity index (χ1v) is 5.72. The fourth-order valence-corrected chi connectivity index (χ4v) is 1.72. The number of H-pyrrole nitrogens is 1. The van der Waals surface area contributed by atoms with Crippen LogP contribution in [0.2, 0.25) is 0 Å². The van der Waals surface area contributed by atoms with E-state index in [1.54, 1.807) is 18.2 Å². The van der Waals surface area contributed by atoms with Crippen molar-refractivity contribution in [1.29, 1.82) is 0 Å². The number of aromatic amines is 1. The highest BCUT2D eigenvalue weighted by Crippen LogP contribution is 2.09. The molecule has 1 aromatic heterocycles. The second-order valence-corrected chi connectivity index (χ2v) is 3.99. The Morgan fingerprint density at radius 3 is 2.63 bits per heavy atom. The molecule has 2 rings (SSSR count). The summed E-state index contributed by atoms with van der Waals surface area (Å²) >= 11 is 0. The largest absolute Gasteiger partial charge is 0.481 e. The van der Waals surface area contributed by atoms with Crippen molar-refractivity contribution in [2.24, 2.45) is 0 Å². The number of carboxylic acid groups (broad SMARTS) is 1. The smallest absolute Gasteiger partial charge is 0.307 e. The number of carbonyl (C=O) groups excluding carboxylic acids is 1. The Kier molecular flexibility index (Phi) is 3.92. The first-order chi connectivity index (χ1) is 9.16. The number of rotatable bonds is 5. The van der Waals surface area contributed by atoms with Gasteiger partial charge in [-0.15, -0.1) is 0 Å². The quantitative estimate of drug-likeness (QED) is 0.745. The number of aliphatic carboxylic acids is 1. The summed E-state index contributed by atoms with van der Waals surface area (Å²) in [7, 11) is 0. The van der Waals surface area contributed by atoms with Crippen molar-refractivity contribution in [2.75, 3.05) is 0 Å². The summed E-state index contributed by atoms with van der Waals surface area (Å²) in [6.45, 7) is 0.279. The zero-order valence-electron chi connectivity index (χ0n) is 10.1. The monoisotopic (exact) mass is 259 g/mol. The predicted molar refractivity (Wildman–Crippen MR) is 67.5 cm³/mol. The van der Waals surface area contributed by atoms with Crippen LogP contribution < -0.4 is 5.32 Å². The van der Waals surface area contributed by atoms with Gasteiger partial charge in [-0.05, 0) is 11.1 Å². The second-order valence-electron chi connectivity index (χ2n) is 3.99. The molecule has 1 amide bonds. The lowest BCUT2D eigenvalue weighted by Gasteiger charge is -2.08. The van der Waals surface area contributed by atoms with E-state index < -0.39 is 5.97 Å². The minimum atomic E-state index is -0.896. The van der Waals surface area contributed by atoms with Crippen LogP contribution in [0, 0.1) is 0 Å². The van der Waals surface area contributed by atoms with Crippen molar-refractivity contribution in [1.82, 2.24) is 15.3 Å². The second kappa shape index (κ2) is 5.81. The van der Waals surface area contributed by atoms with Gasteiger partial charge in [0.15, 0.2) is 0 Å². The van der Waals surface area contributed by atoms with Gasteiger partial charge in [0.2, 0.25) is 0 Å². The fraction of sp³-hybridized carbons (Fsp3) is 0.154. The number of imidazole rings is 1. The number of nitrogens with zero attached hydrogens (tertiary/aromatic N) is 1. The molecule has 0 saturated carbocycles. The standard InChI is InChI=1S/C13H13N3O3/c17-12(18)5-9-3-1-2-4-10(9)6-15-13(19)11-7-14-8-16-11/h1-4,7-8H,5-6H2,(H,14,16)(H,15,19)(H,17,18). The number of hydrogen-bond donors (Lipinski definition) is 3. The van der Waals surface area contributed by atoms with Crippen LogP contribution in [0.25, 0.3) is 0 Å². The van der Waals surface area contributed by atoms with Gasteiger partial charge in [0, 0.05) is 6.54 Å². The van der Waals surface area contributed by atoms with E-state index in [1.165, 1.54) is 12.5 Å². The maximum atomic E-state index is 11.7. The van der Waals surface area contributed by atoms with E-state index in [9.17, 15) is 9.59 Å². The Balaban J connectivity index is 2.03. The lowest BCUT2D eigenvalue weighted by Crippen LogP contribution is -2.24. The summed E-state index contributed by atoms with van der Waals surface area (Å²) in [5.41, 5.74) is 1.85. The lowest BCUT2D eigenvalue weighted by atomic mass is 10.0. The highest BCUT2D eigenvalue weighted by Gasteiger charge is 2.09. The number of hydrogen-bond acceptors (Lipinski definition) is 3. The predicted octanol–water partition coefficient (Wildman–Crippen LogP) is 0.967. The highest BCUT2D eigenvalue weighted by atomic mass is 16.4. The molecule has 0 saturated heterocycles. The van der Waals surface area contributed by atoms with Gasteiger partial charge in [0.05, 0.1) is 18.9 Å². The third kappa shape index (κ3) is 3.41. The van der Waals surface area contributed by atoms with Crippen molar-refractivity contribution in [3.63, 3.8) is 0 Å².